The van der Waals surface area contributed by atoms with Crippen molar-refractivity contribution in [1.82, 2.24) is 10.2 Å². The molecule has 1 saturated heterocycles. The number of amides is 1. The largest absolute Gasteiger partial charge is 0.478 e. The maximum atomic E-state index is 12.3. The predicted molar refractivity (Wildman–Crippen MR) is 86.0 cm³/mol. The van der Waals surface area contributed by atoms with Crippen molar-refractivity contribution in [2.75, 3.05) is 39.4 Å². The van der Waals surface area contributed by atoms with E-state index < -0.39 is 5.60 Å². The van der Waals surface area contributed by atoms with Crippen molar-refractivity contribution >= 4 is 5.91 Å². The van der Waals surface area contributed by atoms with Gasteiger partial charge in [-0.05, 0) is 38.9 Å². The Morgan fingerprint density at radius 1 is 1.27 bits per heavy atom. The fraction of sp³-hybridized carbons (Fsp3) is 0.588. The van der Waals surface area contributed by atoms with Crippen LogP contribution in [0.5, 0.6) is 5.75 Å². The summed E-state index contributed by atoms with van der Waals surface area (Å²) in [5.74, 6) is 0.620. The molecule has 1 aliphatic rings. The van der Waals surface area contributed by atoms with Crippen LogP contribution in [0.4, 0.5) is 0 Å². The van der Waals surface area contributed by atoms with Crippen molar-refractivity contribution in [3.63, 3.8) is 0 Å². The molecular weight excluding hydrogens is 280 g/mol. The highest BCUT2D eigenvalue weighted by Crippen LogP contribution is 2.17. The normalized spacial score (nSPS) is 16.3. The average Bonchev–Trinajstić information content (AvgIpc) is 2.53. The molecule has 0 radical (unpaired) electrons. The van der Waals surface area contributed by atoms with Crippen LogP contribution in [0.25, 0.3) is 0 Å². The summed E-state index contributed by atoms with van der Waals surface area (Å²) in [5, 5.41) is 2.96. The molecule has 0 spiro atoms. The maximum absolute atomic E-state index is 12.3. The number of nitrogens with one attached hydrogen (secondary N) is 1. The lowest BCUT2D eigenvalue weighted by Crippen LogP contribution is -2.47. The number of morpholine rings is 1. The Kier molecular flexibility index (Phi) is 6.21. The minimum atomic E-state index is -0.875. The van der Waals surface area contributed by atoms with Crippen LogP contribution in [-0.2, 0) is 9.53 Å². The van der Waals surface area contributed by atoms with Gasteiger partial charge in [0.05, 0.1) is 13.2 Å². The van der Waals surface area contributed by atoms with Gasteiger partial charge in [0.1, 0.15) is 5.75 Å². The third-order valence-electron chi connectivity index (χ3n) is 3.70. The van der Waals surface area contributed by atoms with E-state index >= 15 is 0 Å². The molecule has 1 N–H and O–H groups in total. The molecule has 0 aliphatic carbocycles. The molecule has 1 aromatic rings. The zero-order chi connectivity index (χ0) is 15.8. The standard InChI is InChI=1S/C17H26N2O3/c1-17(2,22-15-7-4-3-5-8-15)16(20)18-9-6-10-19-11-13-21-14-12-19/h3-5,7-8H,6,9-14H2,1-2H3,(H,18,20). The predicted octanol–water partition coefficient (Wildman–Crippen LogP) is 1.68. The summed E-state index contributed by atoms with van der Waals surface area (Å²) in [5.41, 5.74) is -0.875. The van der Waals surface area contributed by atoms with Gasteiger partial charge >= 0.3 is 0 Å². The Hall–Kier alpha value is -1.59. The van der Waals surface area contributed by atoms with Gasteiger partial charge in [-0.25, -0.2) is 0 Å². The molecule has 122 valence electrons. The van der Waals surface area contributed by atoms with Crippen LogP contribution >= 0.6 is 0 Å². The van der Waals surface area contributed by atoms with Crippen molar-refractivity contribution in [2.24, 2.45) is 0 Å². The third kappa shape index (κ3) is 5.31. The van der Waals surface area contributed by atoms with Crippen LogP contribution < -0.4 is 10.1 Å². The van der Waals surface area contributed by atoms with Crippen molar-refractivity contribution in [1.29, 1.82) is 0 Å². The first-order chi connectivity index (χ1) is 10.6. The second-order valence-corrected chi connectivity index (χ2v) is 5.99. The van der Waals surface area contributed by atoms with E-state index in [9.17, 15) is 4.79 Å². The van der Waals surface area contributed by atoms with Gasteiger partial charge in [0, 0.05) is 19.6 Å². The van der Waals surface area contributed by atoms with E-state index in [4.69, 9.17) is 9.47 Å². The number of para-hydroxylation sites is 1. The number of benzene rings is 1. The topological polar surface area (TPSA) is 50.8 Å². The van der Waals surface area contributed by atoms with Crippen molar-refractivity contribution in [2.45, 2.75) is 25.9 Å². The van der Waals surface area contributed by atoms with Gasteiger partial charge in [-0.1, -0.05) is 18.2 Å². The maximum Gasteiger partial charge on any atom is 0.263 e. The van der Waals surface area contributed by atoms with Gasteiger partial charge in [0.2, 0.25) is 0 Å². The molecule has 1 amide bonds. The quantitative estimate of drug-likeness (QED) is 0.779. The molecule has 0 unspecified atom stereocenters. The van der Waals surface area contributed by atoms with Gasteiger partial charge in [-0.15, -0.1) is 0 Å². The van der Waals surface area contributed by atoms with E-state index in [2.05, 4.69) is 10.2 Å². The lowest BCUT2D eigenvalue weighted by atomic mass is 10.1. The highest BCUT2D eigenvalue weighted by Gasteiger charge is 2.29. The summed E-state index contributed by atoms with van der Waals surface area (Å²) in [4.78, 5) is 14.6. The molecule has 1 aromatic carbocycles. The molecule has 0 aromatic heterocycles. The number of hydrogen-bond acceptors (Lipinski definition) is 4. The molecule has 22 heavy (non-hydrogen) atoms. The van der Waals surface area contributed by atoms with E-state index in [1.165, 1.54) is 0 Å². The van der Waals surface area contributed by atoms with E-state index in [0.29, 0.717) is 12.3 Å². The van der Waals surface area contributed by atoms with Crippen LogP contribution in [0, 0.1) is 0 Å². The highest BCUT2D eigenvalue weighted by atomic mass is 16.5. The smallest absolute Gasteiger partial charge is 0.263 e. The summed E-state index contributed by atoms with van der Waals surface area (Å²) in [6.07, 6.45) is 0.938. The lowest BCUT2D eigenvalue weighted by Gasteiger charge is -2.27. The SMILES string of the molecule is CC(C)(Oc1ccccc1)C(=O)NCCCN1CCOCC1. The molecule has 1 fully saturated rings. The van der Waals surface area contributed by atoms with Crippen LogP contribution in [0.1, 0.15) is 20.3 Å². The van der Waals surface area contributed by atoms with Crippen LogP contribution in [0.2, 0.25) is 0 Å². The minimum absolute atomic E-state index is 0.0849. The number of carbonyl (C=O) groups excluding carboxylic acids is 1. The fourth-order valence-electron chi connectivity index (χ4n) is 2.37. The molecule has 5 heteroatoms. The van der Waals surface area contributed by atoms with Crippen molar-refractivity contribution in [3.05, 3.63) is 30.3 Å². The van der Waals surface area contributed by atoms with E-state index in [0.717, 1.165) is 39.3 Å². The van der Waals surface area contributed by atoms with Gasteiger partial charge in [0.15, 0.2) is 5.60 Å². The van der Waals surface area contributed by atoms with Crippen LogP contribution in [0.15, 0.2) is 30.3 Å². The first-order valence-corrected chi connectivity index (χ1v) is 7.90. The summed E-state index contributed by atoms with van der Waals surface area (Å²) in [6, 6.07) is 9.42. The van der Waals surface area contributed by atoms with Crippen LogP contribution in [-0.4, -0.2) is 55.8 Å². The second kappa shape index (κ2) is 8.15. The Labute approximate surface area is 132 Å². The van der Waals surface area contributed by atoms with Gasteiger partial charge in [-0.2, -0.15) is 0 Å². The van der Waals surface area contributed by atoms with Gasteiger partial charge < -0.3 is 14.8 Å². The molecular formula is C17H26N2O3. The molecule has 0 atom stereocenters. The summed E-state index contributed by atoms with van der Waals surface area (Å²) < 4.78 is 11.1. The first-order valence-electron chi connectivity index (χ1n) is 7.90. The fourth-order valence-corrected chi connectivity index (χ4v) is 2.37. The highest BCUT2D eigenvalue weighted by molar-refractivity contribution is 5.84. The van der Waals surface area contributed by atoms with Crippen LogP contribution in [0.3, 0.4) is 0 Å². The lowest BCUT2D eigenvalue weighted by molar-refractivity contribution is -0.134. The minimum Gasteiger partial charge on any atom is -0.478 e. The Morgan fingerprint density at radius 3 is 2.64 bits per heavy atom. The molecule has 1 heterocycles. The van der Waals surface area contributed by atoms with E-state index in [1.54, 1.807) is 13.8 Å². The molecule has 0 saturated carbocycles. The van der Waals surface area contributed by atoms with Crippen molar-refractivity contribution < 1.29 is 14.3 Å². The average molecular weight is 306 g/mol. The number of ether oxygens (including phenoxy) is 2. The number of nitrogens with zero attached hydrogens (tertiary/aromatic N) is 1. The van der Waals surface area contributed by atoms with E-state index in [-0.39, 0.29) is 5.91 Å². The zero-order valence-corrected chi connectivity index (χ0v) is 13.5. The van der Waals surface area contributed by atoms with E-state index in [1.807, 2.05) is 30.3 Å². The summed E-state index contributed by atoms with van der Waals surface area (Å²) in [7, 11) is 0. The number of rotatable bonds is 7. The monoisotopic (exact) mass is 306 g/mol. The van der Waals surface area contributed by atoms with Crippen molar-refractivity contribution in [3.8, 4) is 5.75 Å². The molecule has 1 aliphatic heterocycles. The first kappa shape index (κ1) is 16.8. The summed E-state index contributed by atoms with van der Waals surface area (Å²) >= 11 is 0. The third-order valence-corrected chi connectivity index (χ3v) is 3.70. The molecule has 2 rings (SSSR count). The molecule has 0 bridgehead atoms. The number of hydrogen-bond donors (Lipinski definition) is 1. The number of carbonyl (C=O) groups is 1. The van der Waals surface area contributed by atoms with Gasteiger partial charge in [0.25, 0.3) is 5.91 Å². The summed E-state index contributed by atoms with van der Waals surface area (Å²) in [6.45, 7) is 8.82. The Morgan fingerprint density at radius 2 is 1.95 bits per heavy atom. The van der Waals surface area contributed by atoms with Gasteiger partial charge in [-0.3, -0.25) is 9.69 Å². The Balaban J connectivity index is 1.69. The molecule has 5 nitrogen and oxygen atoms in total. The zero-order valence-electron chi connectivity index (χ0n) is 13.5. The Bertz CT molecular complexity index is 456. The second-order valence-electron chi connectivity index (χ2n) is 5.99.